The van der Waals surface area contributed by atoms with Gasteiger partial charge in [-0.05, 0) is 24.1 Å². The SMILES string of the molecule is COc1cc(OC)c2c(c1Cl)OC1(C(=O)C3=C(CC1C)Nc1c(c(=O)[nH]c(=O)n1C)C3c1ccc(O)cc1)C2=O. The minimum absolute atomic E-state index is 0.0121. The molecule has 1 aromatic heterocycles. The molecule has 40 heavy (non-hydrogen) atoms. The zero-order valence-corrected chi connectivity index (χ0v) is 22.6. The lowest BCUT2D eigenvalue weighted by Gasteiger charge is -2.42. The zero-order chi connectivity index (χ0) is 28.7. The minimum Gasteiger partial charge on any atom is -0.508 e. The molecule has 1 aliphatic carbocycles. The van der Waals surface area contributed by atoms with E-state index in [1.165, 1.54) is 44.0 Å². The first-order valence-corrected chi connectivity index (χ1v) is 12.8. The number of rotatable bonds is 3. The second kappa shape index (κ2) is 8.75. The quantitative estimate of drug-likeness (QED) is 0.407. The molecule has 3 N–H and O–H groups in total. The molecule has 1 spiro atoms. The molecule has 11 nitrogen and oxygen atoms in total. The number of hydrogen-bond acceptors (Lipinski definition) is 9. The summed E-state index contributed by atoms with van der Waals surface area (Å²) in [5.41, 5.74) is -2.07. The van der Waals surface area contributed by atoms with Gasteiger partial charge < -0.3 is 24.6 Å². The average Bonchev–Trinajstić information content (AvgIpc) is 3.25. The monoisotopic (exact) mass is 565 g/mol. The standard InChI is InChI=1S/C28H24ClN3O8/c1-11-9-14-18(23(34)28(11)24(35)19-15(38-3)10-16(39-4)21(29)22(19)40-28)17(12-5-7-13(33)8-6-12)20-25(30-14)32(2)27(37)31-26(20)36/h5-8,10-11,17,30,33H,9H2,1-4H3,(H,31,36,37). The second-order valence-corrected chi connectivity index (χ2v) is 10.4. The number of nitrogens with one attached hydrogen (secondary N) is 2. The normalized spacial score (nSPS) is 22.8. The van der Waals surface area contributed by atoms with E-state index in [4.69, 9.17) is 25.8 Å². The largest absolute Gasteiger partial charge is 0.508 e. The summed E-state index contributed by atoms with van der Waals surface area (Å²) in [7, 11) is 4.29. The third-order valence-electron chi connectivity index (χ3n) is 7.96. The van der Waals surface area contributed by atoms with E-state index >= 15 is 0 Å². The molecule has 0 fully saturated rings. The number of H-pyrrole nitrogens is 1. The predicted molar refractivity (Wildman–Crippen MR) is 144 cm³/mol. The van der Waals surface area contributed by atoms with E-state index in [9.17, 15) is 24.3 Å². The molecule has 206 valence electrons. The number of phenolic OH excluding ortho intramolecular Hbond substituents is 1. The summed E-state index contributed by atoms with van der Waals surface area (Å²) < 4.78 is 18.3. The van der Waals surface area contributed by atoms with Crippen molar-refractivity contribution in [1.82, 2.24) is 9.55 Å². The van der Waals surface area contributed by atoms with E-state index in [1.54, 1.807) is 19.1 Å². The van der Waals surface area contributed by atoms with E-state index < -0.39 is 40.3 Å². The van der Waals surface area contributed by atoms with E-state index in [2.05, 4.69) is 10.3 Å². The fourth-order valence-corrected chi connectivity index (χ4v) is 6.23. The van der Waals surface area contributed by atoms with Gasteiger partial charge in [0.25, 0.3) is 5.56 Å². The van der Waals surface area contributed by atoms with Crippen molar-refractivity contribution >= 4 is 29.0 Å². The lowest BCUT2D eigenvalue weighted by atomic mass is 9.66. The minimum atomic E-state index is -1.99. The maximum absolute atomic E-state index is 14.7. The van der Waals surface area contributed by atoms with Crippen LogP contribution < -0.4 is 30.8 Å². The number of aromatic amines is 1. The topological polar surface area (TPSA) is 149 Å². The van der Waals surface area contributed by atoms with Crippen molar-refractivity contribution in [3.8, 4) is 23.0 Å². The Bertz CT molecular complexity index is 1790. The predicted octanol–water partition coefficient (Wildman–Crippen LogP) is 2.88. The van der Waals surface area contributed by atoms with Crippen molar-refractivity contribution in [3.05, 3.63) is 84.2 Å². The number of carbonyl (C=O) groups excluding carboxylic acids is 2. The summed E-state index contributed by atoms with van der Waals surface area (Å²) in [6, 6.07) is 7.49. The lowest BCUT2D eigenvalue weighted by Crippen LogP contribution is -2.58. The summed E-state index contributed by atoms with van der Waals surface area (Å²) in [5.74, 6) is -2.36. The summed E-state index contributed by atoms with van der Waals surface area (Å²) in [5, 5.41) is 13.1. The van der Waals surface area contributed by atoms with Crippen LogP contribution in [0.4, 0.5) is 5.82 Å². The van der Waals surface area contributed by atoms with Crippen LogP contribution in [0.1, 0.15) is 40.7 Å². The first-order chi connectivity index (χ1) is 19.0. The molecule has 2 aromatic carbocycles. The molecule has 3 atom stereocenters. The number of benzene rings is 2. The summed E-state index contributed by atoms with van der Waals surface area (Å²) in [6.45, 7) is 1.71. The molecule has 3 unspecified atom stereocenters. The van der Waals surface area contributed by atoms with Crippen LogP contribution in [-0.2, 0) is 11.8 Å². The van der Waals surface area contributed by atoms with Crippen LogP contribution in [0.25, 0.3) is 0 Å². The fourth-order valence-electron chi connectivity index (χ4n) is 5.96. The Labute approximate surface area is 232 Å². The van der Waals surface area contributed by atoms with Gasteiger partial charge in [0.2, 0.25) is 17.2 Å². The highest BCUT2D eigenvalue weighted by Gasteiger charge is 2.63. The molecular weight excluding hydrogens is 542 g/mol. The number of carbonyl (C=O) groups is 2. The summed E-state index contributed by atoms with van der Waals surface area (Å²) in [6.07, 6.45) is 0.173. The van der Waals surface area contributed by atoms with Crippen molar-refractivity contribution in [2.24, 2.45) is 13.0 Å². The van der Waals surface area contributed by atoms with Crippen molar-refractivity contribution in [3.63, 3.8) is 0 Å². The van der Waals surface area contributed by atoms with Crippen LogP contribution in [0.15, 0.2) is 51.2 Å². The lowest BCUT2D eigenvalue weighted by molar-refractivity contribution is -0.130. The van der Waals surface area contributed by atoms with Crippen LogP contribution in [0, 0.1) is 5.92 Å². The number of halogens is 1. The van der Waals surface area contributed by atoms with Crippen LogP contribution in [-0.4, -0.2) is 46.0 Å². The number of aromatic hydroxyl groups is 1. The maximum Gasteiger partial charge on any atom is 0.329 e. The molecule has 0 saturated heterocycles. The Morgan fingerprint density at radius 2 is 1.75 bits per heavy atom. The molecule has 0 saturated carbocycles. The molecule has 0 amide bonds. The van der Waals surface area contributed by atoms with E-state index in [0.29, 0.717) is 11.3 Å². The molecule has 6 rings (SSSR count). The number of nitrogens with zero attached hydrogens (tertiary/aromatic N) is 1. The first kappa shape index (κ1) is 25.8. The number of fused-ring (bicyclic) bond motifs is 2. The van der Waals surface area contributed by atoms with E-state index in [1.807, 2.05) is 0 Å². The Morgan fingerprint density at radius 1 is 1.07 bits per heavy atom. The molecule has 12 heteroatoms. The van der Waals surface area contributed by atoms with Gasteiger partial charge in [0.1, 0.15) is 33.7 Å². The molecule has 0 radical (unpaired) electrons. The van der Waals surface area contributed by atoms with Gasteiger partial charge in [-0.3, -0.25) is 23.9 Å². The number of Topliss-reactive ketones (excluding diaryl/α,β-unsaturated/α-hetero) is 2. The smallest absolute Gasteiger partial charge is 0.329 e. The Morgan fingerprint density at radius 3 is 2.40 bits per heavy atom. The molecule has 0 bridgehead atoms. The number of allylic oxidation sites excluding steroid dienone is 1. The van der Waals surface area contributed by atoms with Gasteiger partial charge >= 0.3 is 5.69 Å². The fraction of sp³-hybridized carbons (Fsp3) is 0.286. The van der Waals surface area contributed by atoms with Crippen LogP contribution >= 0.6 is 11.6 Å². The van der Waals surface area contributed by atoms with Gasteiger partial charge in [-0.2, -0.15) is 0 Å². The summed E-state index contributed by atoms with van der Waals surface area (Å²) >= 11 is 6.55. The van der Waals surface area contributed by atoms with Gasteiger partial charge in [0.15, 0.2) is 5.75 Å². The Hall–Kier alpha value is -4.51. The molecule has 2 aliphatic heterocycles. The van der Waals surface area contributed by atoms with Crippen molar-refractivity contribution < 1.29 is 28.9 Å². The number of aromatic nitrogens is 2. The van der Waals surface area contributed by atoms with Crippen molar-refractivity contribution in [2.45, 2.75) is 24.9 Å². The van der Waals surface area contributed by atoms with Crippen molar-refractivity contribution in [1.29, 1.82) is 0 Å². The average molecular weight is 566 g/mol. The Balaban J connectivity index is 1.60. The number of anilines is 1. The van der Waals surface area contributed by atoms with E-state index in [0.717, 1.165) is 0 Å². The van der Waals surface area contributed by atoms with Gasteiger partial charge in [-0.25, -0.2) is 4.79 Å². The van der Waals surface area contributed by atoms with Crippen molar-refractivity contribution in [2.75, 3.05) is 19.5 Å². The van der Waals surface area contributed by atoms with Gasteiger partial charge in [-0.15, -0.1) is 0 Å². The Kier molecular flexibility index (Phi) is 5.63. The van der Waals surface area contributed by atoms with Crippen LogP contribution in [0.2, 0.25) is 5.02 Å². The summed E-state index contributed by atoms with van der Waals surface area (Å²) in [4.78, 5) is 56.9. The highest BCUT2D eigenvalue weighted by molar-refractivity contribution is 6.36. The number of ketones is 2. The van der Waals surface area contributed by atoms with Crippen LogP contribution in [0.3, 0.4) is 0 Å². The third-order valence-corrected chi connectivity index (χ3v) is 8.32. The van der Waals surface area contributed by atoms with Gasteiger partial charge in [-0.1, -0.05) is 30.7 Å². The van der Waals surface area contributed by atoms with E-state index in [-0.39, 0.29) is 57.0 Å². The van der Waals surface area contributed by atoms with Gasteiger partial charge in [0, 0.05) is 36.2 Å². The number of phenols is 1. The molecule has 3 aromatic rings. The zero-order valence-electron chi connectivity index (χ0n) is 21.9. The molecule has 3 heterocycles. The number of ether oxygens (including phenoxy) is 3. The first-order valence-electron chi connectivity index (χ1n) is 12.4. The van der Waals surface area contributed by atoms with Gasteiger partial charge in [0.05, 0.1) is 19.8 Å². The second-order valence-electron chi connectivity index (χ2n) is 10.0. The molecular formula is C28H24ClN3O8. The number of hydrogen-bond donors (Lipinski definition) is 3. The highest BCUT2D eigenvalue weighted by Crippen LogP contribution is 2.56. The maximum atomic E-state index is 14.7. The molecule has 3 aliphatic rings. The third kappa shape index (κ3) is 3.24. The highest BCUT2D eigenvalue weighted by atomic mass is 35.5. The van der Waals surface area contributed by atoms with Crippen LogP contribution in [0.5, 0.6) is 23.0 Å². The number of methoxy groups -OCH3 is 2.